The van der Waals surface area contributed by atoms with Crippen molar-refractivity contribution in [1.82, 2.24) is 0 Å². The van der Waals surface area contributed by atoms with Crippen molar-refractivity contribution >= 4 is 16.5 Å². The Morgan fingerprint density at radius 2 is 2.00 bits per heavy atom. The summed E-state index contributed by atoms with van der Waals surface area (Å²) in [5.41, 5.74) is 4.67. The van der Waals surface area contributed by atoms with Gasteiger partial charge in [0.05, 0.1) is 0 Å². The van der Waals surface area contributed by atoms with Crippen molar-refractivity contribution in [3.63, 3.8) is 0 Å². The van der Waals surface area contributed by atoms with Gasteiger partial charge in [0.2, 0.25) is 0 Å². The molecular weight excluding hydrogens is 206 g/mol. The second-order valence-corrected chi connectivity index (χ2v) is 5.37. The van der Waals surface area contributed by atoms with Gasteiger partial charge in [0.25, 0.3) is 0 Å². The maximum atomic E-state index is 8.03. The van der Waals surface area contributed by atoms with E-state index in [1.807, 2.05) is 0 Å². The van der Waals surface area contributed by atoms with E-state index in [-0.39, 0.29) is 0 Å². The minimum absolute atomic E-state index is 0.674. The van der Waals surface area contributed by atoms with Gasteiger partial charge in [-0.3, -0.25) is 0 Å². The third-order valence-electron chi connectivity index (χ3n) is 3.54. The second kappa shape index (κ2) is 3.69. The monoisotopic (exact) mass is 223 g/mol. The summed E-state index contributed by atoms with van der Waals surface area (Å²) in [6.07, 6.45) is 1.92. The molecule has 0 saturated carbocycles. The van der Waals surface area contributed by atoms with Crippen LogP contribution in [-0.2, 0) is 12.8 Å². The third kappa shape index (κ3) is 1.57. The molecule has 0 atom stereocenters. The second-order valence-electron chi connectivity index (χ2n) is 5.37. The van der Waals surface area contributed by atoms with Gasteiger partial charge in [-0.15, -0.1) is 0 Å². The van der Waals surface area contributed by atoms with E-state index in [4.69, 9.17) is 5.41 Å². The van der Waals surface area contributed by atoms with Crippen LogP contribution in [0.5, 0.6) is 0 Å². The summed E-state index contributed by atoms with van der Waals surface area (Å²) < 4.78 is 0. The lowest BCUT2D eigenvalue weighted by Gasteiger charge is -2.10. The third-order valence-corrected chi connectivity index (χ3v) is 3.54. The van der Waals surface area contributed by atoms with Gasteiger partial charge in [0.15, 0.2) is 0 Å². The van der Waals surface area contributed by atoms with Gasteiger partial charge in [-0.05, 0) is 34.2 Å². The van der Waals surface area contributed by atoms with Gasteiger partial charge in [0, 0.05) is 17.7 Å². The summed E-state index contributed by atoms with van der Waals surface area (Å²) in [6, 6.07) is 10.8. The quantitative estimate of drug-likeness (QED) is 0.796. The van der Waals surface area contributed by atoms with Crippen molar-refractivity contribution in [1.29, 1.82) is 5.41 Å². The standard InChI is InChI=1S/C16H17N/c1-10(2)8-11-6-7-12-9-15(17)14-5-3-4-13(11)16(12)14/h3-7,10,17H,8-9H2,1-2H3. The SMILES string of the molecule is CC(C)Cc1ccc2c3c(cccc13)C(=N)C2. The molecular formula is C16H17N. The molecule has 1 nitrogen and oxygen atoms in total. The average Bonchev–Trinajstić information content (AvgIpc) is 2.61. The number of hydrogen-bond acceptors (Lipinski definition) is 1. The van der Waals surface area contributed by atoms with Crippen LogP contribution in [0.1, 0.15) is 30.5 Å². The van der Waals surface area contributed by atoms with Crippen LogP contribution >= 0.6 is 0 Å². The molecule has 0 heterocycles. The van der Waals surface area contributed by atoms with Crippen LogP contribution in [0.15, 0.2) is 30.3 Å². The zero-order valence-electron chi connectivity index (χ0n) is 10.4. The maximum absolute atomic E-state index is 8.03. The zero-order valence-corrected chi connectivity index (χ0v) is 10.4. The molecule has 0 spiro atoms. The predicted octanol–water partition coefficient (Wildman–Crippen LogP) is 3.96. The molecule has 0 amide bonds. The molecule has 0 fully saturated rings. The molecule has 0 aliphatic heterocycles. The lowest BCUT2D eigenvalue weighted by Crippen LogP contribution is -1.96. The van der Waals surface area contributed by atoms with Gasteiger partial charge >= 0.3 is 0 Å². The summed E-state index contributed by atoms with van der Waals surface area (Å²) in [4.78, 5) is 0. The highest BCUT2D eigenvalue weighted by atomic mass is 14.4. The Balaban J connectivity index is 2.29. The van der Waals surface area contributed by atoms with Gasteiger partial charge in [0.1, 0.15) is 0 Å². The number of nitrogens with one attached hydrogen (secondary N) is 1. The van der Waals surface area contributed by atoms with E-state index in [2.05, 4.69) is 44.2 Å². The summed E-state index contributed by atoms with van der Waals surface area (Å²) in [7, 11) is 0. The Morgan fingerprint density at radius 1 is 1.18 bits per heavy atom. The van der Waals surface area contributed by atoms with Crippen LogP contribution in [0, 0.1) is 11.3 Å². The first-order valence-corrected chi connectivity index (χ1v) is 6.28. The fraction of sp³-hybridized carbons (Fsp3) is 0.312. The molecule has 1 heteroatoms. The fourth-order valence-electron chi connectivity index (χ4n) is 2.84. The number of benzene rings is 2. The molecule has 2 aromatic carbocycles. The molecule has 0 aromatic heterocycles. The molecule has 0 bridgehead atoms. The lowest BCUT2D eigenvalue weighted by atomic mass is 9.94. The molecule has 0 unspecified atom stereocenters. The number of rotatable bonds is 2. The van der Waals surface area contributed by atoms with Crippen molar-refractivity contribution < 1.29 is 0 Å². The van der Waals surface area contributed by atoms with Gasteiger partial charge in [-0.25, -0.2) is 0 Å². The Hall–Kier alpha value is -1.63. The van der Waals surface area contributed by atoms with Gasteiger partial charge < -0.3 is 5.41 Å². The highest BCUT2D eigenvalue weighted by molar-refractivity contribution is 6.17. The van der Waals surface area contributed by atoms with Crippen LogP contribution in [0.2, 0.25) is 0 Å². The van der Waals surface area contributed by atoms with E-state index in [0.717, 1.165) is 24.1 Å². The molecule has 2 aromatic rings. The van der Waals surface area contributed by atoms with E-state index in [0.29, 0.717) is 5.92 Å². The average molecular weight is 223 g/mol. The molecule has 86 valence electrons. The molecule has 0 saturated heterocycles. The molecule has 1 N–H and O–H groups in total. The smallest absolute Gasteiger partial charge is 0.0436 e. The van der Waals surface area contributed by atoms with Crippen molar-refractivity contribution in [3.05, 3.63) is 47.0 Å². The van der Waals surface area contributed by atoms with Gasteiger partial charge in [-0.2, -0.15) is 0 Å². The Bertz CT molecular complexity index is 608. The highest BCUT2D eigenvalue weighted by Crippen LogP contribution is 2.33. The first-order valence-electron chi connectivity index (χ1n) is 6.28. The lowest BCUT2D eigenvalue weighted by molar-refractivity contribution is 0.650. The van der Waals surface area contributed by atoms with Crippen LogP contribution < -0.4 is 0 Å². The van der Waals surface area contributed by atoms with Crippen molar-refractivity contribution in [2.45, 2.75) is 26.7 Å². The van der Waals surface area contributed by atoms with E-state index in [1.54, 1.807) is 0 Å². The van der Waals surface area contributed by atoms with Crippen LogP contribution in [-0.4, -0.2) is 5.71 Å². The van der Waals surface area contributed by atoms with Crippen molar-refractivity contribution in [2.75, 3.05) is 0 Å². The zero-order chi connectivity index (χ0) is 12.0. The Morgan fingerprint density at radius 3 is 2.76 bits per heavy atom. The van der Waals surface area contributed by atoms with Crippen molar-refractivity contribution in [2.24, 2.45) is 5.92 Å². The molecule has 3 rings (SSSR count). The van der Waals surface area contributed by atoms with Gasteiger partial charge in [-0.1, -0.05) is 44.2 Å². The topological polar surface area (TPSA) is 23.9 Å². The molecule has 0 radical (unpaired) electrons. The summed E-state index contributed by atoms with van der Waals surface area (Å²) in [6.45, 7) is 4.51. The van der Waals surface area contributed by atoms with E-state index >= 15 is 0 Å². The van der Waals surface area contributed by atoms with Crippen LogP contribution in [0.3, 0.4) is 0 Å². The predicted molar refractivity (Wildman–Crippen MR) is 73.0 cm³/mol. The first-order chi connectivity index (χ1) is 8.16. The maximum Gasteiger partial charge on any atom is 0.0436 e. The normalized spacial score (nSPS) is 13.9. The molecule has 1 aliphatic carbocycles. The minimum atomic E-state index is 0.674. The van der Waals surface area contributed by atoms with Crippen LogP contribution in [0.4, 0.5) is 0 Å². The van der Waals surface area contributed by atoms with E-state index in [1.165, 1.54) is 21.9 Å². The summed E-state index contributed by atoms with van der Waals surface area (Å²) in [5.74, 6) is 0.674. The molecule has 17 heavy (non-hydrogen) atoms. The Labute approximate surface area is 102 Å². The largest absolute Gasteiger partial charge is 0.304 e. The Kier molecular flexibility index (Phi) is 2.29. The minimum Gasteiger partial charge on any atom is -0.304 e. The van der Waals surface area contributed by atoms with Crippen LogP contribution in [0.25, 0.3) is 10.8 Å². The summed E-state index contributed by atoms with van der Waals surface area (Å²) >= 11 is 0. The van der Waals surface area contributed by atoms with E-state index < -0.39 is 0 Å². The highest BCUT2D eigenvalue weighted by Gasteiger charge is 2.19. The van der Waals surface area contributed by atoms with Crippen molar-refractivity contribution in [3.8, 4) is 0 Å². The molecule has 1 aliphatic rings. The summed E-state index contributed by atoms with van der Waals surface area (Å²) in [5, 5.41) is 10.7. The first kappa shape index (κ1) is 10.5. The number of hydrogen-bond donors (Lipinski definition) is 1. The van der Waals surface area contributed by atoms with E-state index in [9.17, 15) is 0 Å². The fourth-order valence-corrected chi connectivity index (χ4v) is 2.84.